The zero-order valence-corrected chi connectivity index (χ0v) is 19.5. The van der Waals surface area contributed by atoms with Crippen molar-refractivity contribution in [3.05, 3.63) is 47.5 Å². The standard InChI is InChI=1S/C23H29ClN2O4S/c1-17(2)9-12-25-13-10-19(11-14-25)26(20-5-8-22-23(15-20)30-16-29-22)31(27,28)21-6-3-18(24)4-7-21/h3-8,15,17,19H,9-14,16H2,1-2H3. The molecule has 8 heteroatoms. The van der Waals surface area contributed by atoms with Crippen LogP contribution in [0.1, 0.15) is 33.1 Å². The highest BCUT2D eigenvalue weighted by atomic mass is 35.5. The lowest BCUT2D eigenvalue weighted by Gasteiger charge is -2.39. The van der Waals surface area contributed by atoms with Gasteiger partial charge in [-0.2, -0.15) is 0 Å². The van der Waals surface area contributed by atoms with Gasteiger partial charge in [0.1, 0.15) is 0 Å². The summed E-state index contributed by atoms with van der Waals surface area (Å²) in [6.45, 7) is 7.43. The first-order chi connectivity index (χ1) is 14.8. The van der Waals surface area contributed by atoms with E-state index in [1.807, 2.05) is 0 Å². The minimum atomic E-state index is -3.77. The van der Waals surface area contributed by atoms with Gasteiger partial charge in [-0.3, -0.25) is 4.31 Å². The Morgan fingerprint density at radius 1 is 1.06 bits per heavy atom. The summed E-state index contributed by atoms with van der Waals surface area (Å²) in [7, 11) is -3.77. The highest BCUT2D eigenvalue weighted by molar-refractivity contribution is 7.92. The zero-order valence-electron chi connectivity index (χ0n) is 18.0. The van der Waals surface area contributed by atoms with Gasteiger partial charge in [-0.15, -0.1) is 0 Å². The Balaban J connectivity index is 1.63. The zero-order chi connectivity index (χ0) is 22.0. The van der Waals surface area contributed by atoms with E-state index in [0.29, 0.717) is 28.1 Å². The van der Waals surface area contributed by atoms with Gasteiger partial charge in [-0.05, 0) is 68.1 Å². The summed E-state index contributed by atoms with van der Waals surface area (Å²) in [5.41, 5.74) is 0.597. The molecular weight excluding hydrogens is 436 g/mol. The van der Waals surface area contributed by atoms with Gasteiger partial charge in [0.15, 0.2) is 11.5 Å². The van der Waals surface area contributed by atoms with Gasteiger partial charge in [-0.25, -0.2) is 8.42 Å². The molecule has 0 aromatic heterocycles. The lowest BCUT2D eigenvalue weighted by Crippen LogP contribution is -2.47. The lowest BCUT2D eigenvalue weighted by molar-refractivity contribution is 0.174. The highest BCUT2D eigenvalue weighted by Gasteiger charge is 2.35. The van der Waals surface area contributed by atoms with Crippen LogP contribution in [0.3, 0.4) is 0 Å². The average Bonchev–Trinajstić information content (AvgIpc) is 3.21. The fourth-order valence-electron chi connectivity index (χ4n) is 4.11. The Hall–Kier alpha value is -1.96. The summed E-state index contributed by atoms with van der Waals surface area (Å²) in [6, 6.07) is 11.6. The topological polar surface area (TPSA) is 59.1 Å². The van der Waals surface area contributed by atoms with E-state index in [1.165, 1.54) is 0 Å². The van der Waals surface area contributed by atoms with Crippen molar-refractivity contribution in [1.29, 1.82) is 0 Å². The maximum Gasteiger partial charge on any atom is 0.264 e. The molecule has 2 aliphatic rings. The van der Waals surface area contributed by atoms with Crippen LogP contribution in [0.2, 0.25) is 5.02 Å². The van der Waals surface area contributed by atoms with Crippen LogP contribution in [0.4, 0.5) is 5.69 Å². The van der Waals surface area contributed by atoms with Crippen LogP contribution in [-0.4, -0.2) is 45.8 Å². The molecule has 0 amide bonds. The van der Waals surface area contributed by atoms with Crippen molar-refractivity contribution in [3.63, 3.8) is 0 Å². The number of sulfonamides is 1. The molecule has 0 bridgehead atoms. The number of ether oxygens (including phenoxy) is 2. The van der Waals surface area contributed by atoms with Crippen molar-refractivity contribution in [2.45, 2.75) is 44.0 Å². The second-order valence-corrected chi connectivity index (χ2v) is 10.8. The highest BCUT2D eigenvalue weighted by Crippen LogP contribution is 2.39. The number of hydrogen-bond acceptors (Lipinski definition) is 5. The van der Waals surface area contributed by atoms with Gasteiger partial charge >= 0.3 is 0 Å². The van der Waals surface area contributed by atoms with Gasteiger partial charge in [0, 0.05) is 30.2 Å². The third kappa shape index (κ3) is 4.94. The Morgan fingerprint density at radius 2 is 1.74 bits per heavy atom. The number of benzene rings is 2. The molecule has 31 heavy (non-hydrogen) atoms. The number of nitrogens with zero attached hydrogens (tertiary/aromatic N) is 2. The number of fused-ring (bicyclic) bond motifs is 1. The molecule has 2 heterocycles. The van der Waals surface area contributed by atoms with Crippen LogP contribution >= 0.6 is 11.6 Å². The quantitative estimate of drug-likeness (QED) is 0.590. The molecule has 0 radical (unpaired) electrons. The van der Waals surface area contributed by atoms with Crippen LogP contribution in [0.25, 0.3) is 0 Å². The summed E-state index contributed by atoms with van der Waals surface area (Å²) in [4.78, 5) is 2.67. The van der Waals surface area contributed by atoms with Gasteiger partial charge in [0.05, 0.1) is 10.6 Å². The maximum absolute atomic E-state index is 13.7. The fourth-order valence-corrected chi connectivity index (χ4v) is 5.93. The second-order valence-electron chi connectivity index (χ2n) is 8.55. The van der Waals surface area contributed by atoms with Gasteiger partial charge < -0.3 is 14.4 Å². The van der Waals surface area contributed by atoms with Crippen molar-refractivity contribution in [2.24, 2.45) is 5.92 Å². The Bertz CT molecular complexity index is 1000. The van der Waals surface area contributed by atoms with Crippen molar-refractivity contribution in [1.82, 2.24) is 4.90 Å². The lowest BCUT2D eigenvalue weighted by atomic mass is 10.0. The molecular formula is C23H29ClN2O4S. The van der Waals surface area contributed by atoms with Crippen molar-refractivity contribution in [2.75, 3.05) is 30.7 Å². The van der Waals surface area contributed by atoms with Crippen molar-refractivity contribution in [3.8, 4) is 11.5 Å². The van der Waals surface area contributed by atoms with E-state index < -0.39 is 10.0 Å². The molecule has 2 aliphatic heterocycles. The number of likely N-dealkylation sites (tertiary alicyclic amines) is 1. The summed E-state index contributed by atoms with van der Waals surface area (Å²) >= 11 is 5.99. The molecule has 6 nitrogen and oxygen atoms in total. The van der Waals surface area contributed by atoms with Gasteiger partial charge in [0.2, 0.25) is 6.79 Å². The molecule has 0 unspecified atom stereocenters. The first-order valence-corrected chi connectivity index (χ1v) is 12.6. The predicted octanol–water partition coefficient (Wildman–Crippen LogP) is 4.77. The molecule has 2 aromatic rings. The molecule has 0 spiro atoms. The largest absolute Gasteiger partial charge is 0.454 e. The number of hydrogen-bond donors (Lipinski definition) is 0. The Labute approximate surface area is 189 Å². The fraction of sp³-hybridized carbons (Fsp3) is 0.478. The number of halogens is 1. The molecule has 0 atom stereocenters. The summed E-state index contributed by atoms with van der Waals surface area (Å²) < 4.78 is 40.0. The first kappa shape index (κ1) is 22.2. The van der Waals surface area contributed by atoms with Crippen LogP contribution < -0.4 is 13.8 Å². The monoisotopic (exact) mass is 464 g/mol. The SMILES string of the molecule is CC(C)CCN1CCC(N(c2ccc3c(c2)OCO3)S(=O)(=O)c2ccc(Cl)cc2)CC1. The van der Waals surface area contributed by atoms with Crippen molar-refractivity contribution >= 4 is 27.3 Å². The van der Waals surface area contributed by atoms with E-state index in [-0.39, 0.29) is 17.7 Å². The number of rotatable bonds is 7. The summed E-state index contributed by atoms with van der Waals surface area (Å²) in [6.07, 6.45) is 2.71. The van der Waals surface area contributed by atoms with E-state index >= 15 is 0 Å². The number of anilines is 1. The number of piperidine rings is 1. The first-order valence-electron chi connectivity index (χ1n) is 10.8. The molecule has 1 fully saturated rings. The second kappa shape index (κ2) is 9.27. The Morgan fingerprint density at radius 3 is 2.42 bits per heavy atom. The molecule has 0 saturated carbocycles. The summed E-state index contributed by atoms with van der Waals surface area (Å²) in [5, 5.41) is 0.507. The molecule has 0 N–H and O–H groups in total. The minimum Gasteiger partial charge on any atom is -0.454 e. The summed E-state index contributed by atoms with van der Waals surface area (Å²) in [5.74, 6) is 1.87. The van der Waals surface area contributed by atoms with E-state index in [0.717, 1.165) is 38.9 Å². The van der Waals surface area contributed by atoms with E-state index in [1.54, 1.807) is 46.8 Å². The maximum atomic E-state index is 13.7. The van der Waals surface area contributed by atoms with Crippen LogP contribution in [0.5, 0.6) is 11.5 Å². The molecule has 168 valence electrons. The van der Waals surface area contributed by atoms with Gasteiger partial charge in [0.25, 0.3) is 10.0 Å². The Kier molecular flexibility index (Phi) is 6.65. The molecule has 1 saturated heterocycles. The average molecular weight is 465 g/mol. The van der Waals surface area contributed by atoms with E-state index in [4.69, 9.17) is 21.1 Å². The van der Waals surface area contributed by atoms with Gasteiger partial charge in [-0.1, -0.05) is 25.4 Å². The normalized spacial score (nSPS) is 17.3. The smallest absolute Gasteiger partial charge is 0.264 e. The third-order valence-corrected chi connectivity index (χ3v) is 8.04. The van der Waals surface area contributed by atoms with Crippen molar-refractivity contribution < 1.29 is 17.9 Å². The third-order valence-electron chi connectivity index (χ3n) is 5.89. The molecule has 4 rings (SSSR count). The predicted molar refractivity (Wildman–Crippen MR) is 123 cm³/mol. The van der Waals surface area contributed by atoms with E-state index in [9.17, 15) is 8.42 Å². The van der Waals surface area contributed by atoms with Crippen LogP contribution in [-0.2, 0) is 10.0 Å². The minimum absolute atomic E-state index is 0.128. The van der Waals surface area contributed by atoms with Crippen LogP contribution in [0.15, 0.2) is 47.4 Å². The van der Waals surface area contributed by atoms with E-state index in [2.05, 4.69) is 18.7 Å². The molecule has 2 aromatic carbocycles. The molecule has 0 aliphatic carbocycles. The van der Waals surface area contributed by atoms with Crippen LogP contribution in [0, 0.1) is 5.92 Å².